The summed E-state index contributed by atoms with van der Waals surface area (Å²) in [4.78, 5) is 23.6. The van der Waals surface area contributed by atoms with Gasteiger partial charge in [-0.1, -0.05) is 12.7 Å². The van der Waals surface area contributed by atoms with E-state index in [4.69, 9.17) is 9.47 Å². The Morgan fingerprint density at radius 1 is 1.13 bits per heavy atom. The van der Waals surface area contributed by atoms with Crippen molar-refractivity contribution >= 4 is 11.8 Å². The van der Waals surface area contributed by atoms with E-state index in [-0.39, 0.29) is 12.3 Å². The van der Waals surface area contributed by atoms with Crippen molar-refractivity contribution < 1.29 is 19.1 Å². The van der Waals surface area contributed by atoms with Gasteiger partial charge in [0.1, 0.15) is 11.5 Å². The molecule has 0 heterocycles. The predicted octanol–water partition coefficient (Wildman–Crippen LogP) is 1.14. The zero-order valence-corrected chi connectivity index (χ0v) is 13.3. The van der Waals surface area contributed by atoms with Crippen LogP contribution >= 0.6 is 0 Å². The van der Waals surface area contributed by atoms with E-state index in [1.807, 2.05) is 0 Å². The highest BCUT2D eigenvalue weighted by Crippen LogP contribution is 2.22. The Bertz CT molecular complexity index is 577. The molecule has 7 heteroatoms. The van der Waals surface area contributed by atoms with Gasteiger partial charge in [0, 0.05) is 23.9 Å². The topological polar surface area (TPSA) is 88.7 Å². The molecule has 0 aromatic heterocycles. The second kappa shape index (κ2) is 9.14. The number of carbonyl (C=O) groups is 2. The molecule has 124 valence electrons. The number of methoxy groups -OCH3 is 2. The molecule has 0 radical (unpaired) electrons. The fraction of sp³-hybridized carbons (Fsp3) is 0.250. The van der Waals surface area contributed by atoms with Crippen LogP contribution < -0.4 is 25.6 Å². The molecule has 1 rings (SSSR count). The number of hydrogen-bond donors (Lipinski definition) is 3. The summed E-state index contributed by atoms with van der Waals surface area (Å²) in [6, 6.07) is 4.80. The molecule has 0 unspecified atom stereocenters. The lowest BCUT2D eigenvalue weighted by molar-refractivity contribution is -0.120. The first-order valence-electron chi connectivity index (χ1n) is 6.85. The number of hydrogen-bond acceptors (Lipinski definition) is 5. The third kappa shape index (κ3) is 6.13. The van der Waals surface area contributed by atoms with Gasteiger partial charge in [-0.15, -0.1) is 6.58 Å². The summed E-state index contributed by atoms with van der Waals surface area (Å²) in [7, 11) is 3.00. The third-order valence-corrected chi connectivity index (χ3v) is 2.78. The molecule has 0 aliphatic rings. The van der Waals surface area contributed by atoms with Gasteiger partial charge in [-0.2, -0.15) is 0 Å². The molecule has 0 fully saturated rings. The largest absolute Gasteiger partial charge is 0.497 e. The van der Waals surface area contributed by atoms with Crippen LogP contribution in [0.15, 0.2) is 43.1 Å². The molecule has 0 spiro atoms. The molecule has 2 amide bonds. The maximum Gasteiger partial charge on any atom is 0.269 e. The molecule has 0 saturated heterocycles. The van der Waals surface area contributed by atoms with Crippen LogP contribution in [0.2, 0.25) is 0 Å². The highest BCUT2D eigenvalue weighted by Gasteiger charge is 2.10. The summed E-state index contributed by atoms with van der Waals surface area (Å²) in [6.45, 7) is 7.55. The van der Waals surface area contributed by atoms with Gasteiger partial charge in [0.25, 0.3) is 5.91 Å². The fourth-order valence-electron chi connectivity index (χ4n) is 1.64. The van der Waals surface area contributed by atoms with Crippen molar-refractivity contribution in [3.05, 3.63) is 48.7 Å². The Hall–Kier alpha value is -2.96. The maximum atomic E-state index is 12.1. The normalized spacial score (nSPS) is 9.48. The van der Waals surface area contributed by atoms with Crippen LogP contribution in [0.4, 0.5) is 0 Å². The quantitative estimate of drug-likeness (QED) is 0.469. The lowest BCUT2D eigenvalue weighted by Crippen LogP contribution is -2.38. The van der Waals surface area contributed by atoms with Crippen LogP contribution in [0, 0.1) is 0 Å². The number of rotatable bonds is 9. The zero-order chi connectivity index (χ0) is 17.2. The minimum Gasteiger partial charge on any atom is -0.497 e. The van der Waals surface area contributed by atoms with Crippen molar-refractivity contribution in [2.45, 2.75) is 6.42 Å². The zero-order valence-electron chi connectivity index (χ0n) is 13.3. The number of ether oxygens (including phenoxy) is 2. The van der Waals surface area contributed by atoms with Crippen molar-refractivity contribution in [2.24, 2.45) is 0 Å². The molecule has 0 aliphatic carbocycles. The number of amides is 2. The highest BCUT2D eigenvalue weighted by molar-refractivity contribution is 5.94. The minimum absolute atomic E-state index is 0.0373. The lowest BCUT2D eigenvalue weighted by atomic mass is 10.2. The molecule has 0 atom stereocenters. The van der Waals surface area contributed by atoms with Crippen LogP contribution in [0.25, 0.3) is 0 Å². The first-order chi connectivity index (χ1) is 11.0. The Labute approximate surface area is 135 Å². The van der Waals surface area contributed by atoms with Gasteiger partial charge >= 0.3 is 0 Å². The molecular formula is C16H21N3O4. The van der Waals surface area contributed by atoms with E-state index in [0.29, 0.717) is 29.3 Å². The predicted molar refractivity (Wildman–Crippen MR) is 87.1 cm³/mol. The summed E-state index contributed by atoms with van der Waals surface area (Å²) in [5.41, 5.74) is 5.77. The average molecular weight is 319 g/mol. The van der Waals surface area contributed by atoms with E-state index in [1.54, 1.807) is 24.3 Å². The second-order valence-electron chi connectivity index (χ2n) is 4.55. The first-order valence-corrected chi connectivity index (χ1v) is 6.85. The standard InChI is InChI=1S/C16H21N3O4/c1-5-6-17-15(20)7-11(2)18-19-16(21)12-8-13(22-3)10-14(9-12)23-4/h5,8-10,18H,1-2,6-7H2,3-4H3,(H,17,20)(H,19,21). The summed E-state index contributed by atoms with van der Waals surface area (Å²) in [6.07, 6.45) is 1.61. The molecule has 7 nitrogen and oxygen atoms in total. The number of nitrogens with one attached hydrogen (secondary N) is 3. The number of benzene rings is 1. The summed E-state index contributed by atoms with van der Waals surface area (Å²) in [5, 5.41) is 2.61. The molecule has 1 aromatic carbocycles. The van der Waals surface area contributed by atoms with E-state index in [1.165, 1.54) is 14.2 Å². The van der Waals surface area contributed by atoms with E-state index >= 15 is 0 Å². The fourth-order valence-corrected chi connectivity index (χ4v) is 1.64. The average Bonchev–Trinajstić information content (AvgIpc) is 2.57. The number of carbonyl (C=O) groups excluding carboxylic acids is 2. The van der Waals surface area contributed by atoms with Crippen molar-refractivity contribution in [3.63, 3.8) is 0 Å². The summed E-state index contributed by atoms with van der Waals surface area (Å²) in [5.74, 6) is 0.365. The van der Waals surface area contributed by atoms with Crippen molar-refractivity contribution in [1.82, 2.24) is 16.2 Å². The van der Waals surface area contributed by atoms with Gasteiger partial charge in [0.2, 0.25) is 5.91 Å². The molecular weight excluding hydrogens is 298 g/mol. The van der Waals surface area contributed by atoms with Gasteiger partial charge in [-0.3, -0.25) is 15.0 Å². The number of hydrazine groups is 1. The van der Waals surface area contributed by atoms with Crippen molar-refractivity contribution in [1.29, 1.82) is 0 Å². The van der Waals surface area contributed by atoms with Crippen LogP contribution in [0.5, 0.6) is 11.5 Å². The van der Waals surface area contributed by atoms with Crippen LogP contribution in [-0.4, -0.2) is 32.6 Å². The molecule has 0 aliphatic heterocycles. The maximum absolute atomic E-state index is 12.1. The Morgan fingerprint density at radius 3 is 2.26 bits per heavy atom. The van der Waals surface area contributed by atoms with Crippen molar-refractivity contribution in [3.8, 4) is 11.5 Å². The minimum atomic E-state index is -0.408. The smallest absolute Gasteiger partial charge is 0.269 e. The molecule has 0 bridgehead atoms. The van der Waals surface area contributed by atoms with E-state index in [9.17, 15) is 9.59 Å². The van der Waals surface area contributed by atoms with Crippen molar-refractivity contribution in [2.75, 3.05) is 20.8 Å². The van der Waals surface area contributed by atoms with Crippen LogP contribution in [0.3, 0.4) is 0 Å². The van der Waals surface area contributed by atoms with E-state index < -0.39 is 5.91 Å². The summed E-state index contributed by atoms with van der Waals surface area (Å²) < 4.78 is 10.2. The van der Waals surface area contributed by atoms with Gasteiger partial charge in [0.15, 0.2) is 0 Å². The highest BCUT2D eigenvalue weighted by atomic mass is 16.5. The molecule has 3 N–H and O–H groups in total. The molecule has 0 saturated carbocycles. The van der Waals surface area contributed by atoms with Gasteiger partial charge in [-0.05, 0) is 12.1 Å². The third-order valence-electron chi connectivity index (χ3n) is 2.78. The second-order valence-corrected chi connectivity index (χ2v) is 4.55. The van der Waals surface area contributed by atoms with E-state index in [0.717, 1.165) is 0 Å². The summed E-state index contributed by atoms with van der Waals surface area (Å²) >= 11 is 0. The Morgan fingerprint density at radius 2 is 1.74 bits per heavy atom. The Balaban J connectivity index is 2.58. The molecule has 23 heavy (non-hydrogen) atoms. The van der Waals surface area contributed by atoms with Crippen LogP contribution in [0.1, 0.15) is 16.8 Å². The van der Waals surface area contributed by atoms with Gasteiger partial charge < -0.3 is 20.2 Å². The van der Waals surface area contributed by atoms with Crippen LogP contribution in [-0.2, 0) is 4.79 Å². The van der Waals surface area contributed by atoms with Gasteiger partial charge in [-0.25, -0.2) is 0 Å². The van der Waals surface area contributed by atoms with Gasteiger partial charge in [0.05, 0.1) is 20.6 Å². The molecule has 1 aromatic rings. The monoisotopic (exact) mass is 319 g/mol. The SMILES string of the molecule is C=CCNC(=O)CC(=C)NNC(=O)c1cc(OC)cc(OC)c1. The Kier molecular flexibility index (Phi) is 7.19. The lowest BCUT2D eigenvalue weighted by Gasteiger charge is -2.12. The first kappa shape index (κ1) is 18.1. The van der Waals surface area contributed by atoms with E-state index in [2.05, 4.69) is 29.3 Å².